The average molecular weight is 810 g/mol. The summed E-state index contributed by atoms with van der Waals surface area (Å²) in [6, 6.07) is -1.53. The number of allylic oxidation sites excluding steroid dienone is 10. The standard InChI is InChI=1S/C44H76NO10P/c1-3-5-7-9-11-13-15-17-18-19-20-21-22-24-25-27-29-31-33-35-42(46)52-37-40(38-53-56(50,51)54-39-41(45)44(48)49)55-43(47)36-34-32-30-28-26-23-16-14-12-10-8-6-4-2/h11,13,17-18,20-21,23-26,40-41H,3-10,12,14-16,19,22,27-39,45H2,1-2H3,(H,48,49)(H,50,51)/b13-11+,18-17+,21-20+,25-24+,26-23+/t40-,41+/m0/s1. The molecule has 0 aliphatic rings. The summed E-state index contributed by atoms with van der Waals surface area (Å²) in [5.74, 6) is -2.45. The van der Waals surface area contributed by atoms with Crippen molar-refractivity contribution in [1.29, 1.82) is 0 Å². The summed E-state index contributed by atoms with van der Waals surface area (Å²) in [4.78, 5) is 45.9. The number of hydrogen-bond acceptors (Lipinski definition) is 9. The van der Waals surface area contributed by atoms with Gasteiger partial charge in [-0.15, -0.1) is 0 Å². The van der Waals surface area contributed by atoms with Crippen LogP contribution in [-0.2, 0) is 37.5 Å². The highest BCUT2D eigenvalue weighted by Gasteiger charge is 2.28. The minimum atomic E-state index is -4.73. The lowest BCUT2D eigenvalue weighted by atomic mass is 10.1. The molecule has 11 nitrogen and oxygen atoms in total. The summed E-state index contributed by atoms with van der Waals surface area (Å²) < 4.78 is 32.6. The van der Waals surface area contributed by atoms with Crippen molar-refractivity contribution in [3.63, 3.8) is 0 Å². The first-order valence-electron chi connectivity index (χ1n) is 21.3. The number of esters is 2. The number of carboxylic acids is 1. The van der Waals surface area contributed by atoms with E-state index >= 15 is 0 Å². The van der Waals surface area contributed by atoms with Crippen LogP contribution < -0.4 is 5.73 Å². The monoisotopic (exact) mass is 810 g/mol. The molecule has 0 saturated heterocycles. The van der Waals surface area contributed by atoms with E-state index < -0.39 is 51.1 Å². The number of unbranched alkanes of at least 4 members (excludes halogenated alkanes) is 15. The van der Waals surface area contributed by atoms with Gasteiger partial charge in [0.1, 0.15) is 12.6 Å². The van der Waals surface area contributed by atoms with E-state index in [4.69, 9.17) is 24.8 Å². The molecule has 0 fully saturated rings. The van der Waals surface area contributed by atoms with Gasteiger partial charge < -0.3 is 25.2 Å². The summed E-state index contributed by atoms with van der Waals surface area (Å²) in [7, 11) is -4.73. The molecule has 0 heterocycles. The number of carboxylic acid groups (broad SMARTS) is 1. The molecule has 0 rings (SSSR count). The average Bonchev–Trinajstić information content (AvgIpc) is 3.17. The third-order valence-electron chi connectivity index (χ3n) is 8.74. The molecule has 3 atom stereocenters. The molecule has 0 bridgehead atoms. The number of aliphatic carboxylic acids is 1. The minimum absolute atomic E-state index is 0.131. The molecular formula is C44H76NO10P. The van der Waals surface area contributed by atoms with Crippen molar-refractivity contribution >= 4 is 25.7 Å². The van der Waals surface area contributed by atoms with Gasteiger partial charge in [-0.1, -0.05) is 132 Å². The van der Waals surface area contributed by atoms with Crippen LogP contribution >= 0.6 is 7.82 Å². The Morgan fingerprint density at radius 1 is 0.554 bits per heavy atom. The number of rotatable bonds is 39. The van der Waals surface area contributed by atoms with Crippen LogP contribution in [0.2, 0.25) is 0 Å². The lowest BCUT2D eigenvalue weighted by molar-refractivity contribution is -0.161. The maximum Gasteiger partial charge on any atom is 0.472 e. The SMILES string of the molecule is CCCCC/C=C/C/C=C/C/C=C/C/C=C/CCCCCC(=O)OC[C@@H](COP(=O)(O)OC[C@@H](N)C(=O)O)OC(=O)CCCCC/C=C/CCCCCCCC. The van der Waals surface area contributed by atoms with Crippen LogP contribution in [0, 0.1) is 0 Å². The van der Waals surface area contributed by atoms with Crippen molar-refractivity contribution < 1.29 is 47.5 Å². The highest BCUT2D eigenvalue weighted by molar-refractivity contribution is 7.47. The normalized spacial score (nSPS) is 14.4. The van der Waals surface area contributed by atoms with Crippen molar-refractivity contribution in [1.82, 2.24) is 0 Å². The Labute approximate surface area is 338 Å². The number of nitrogens with two attached hydrogens (primary N) is 1. The predicted octanol–water partition coefficient (Wildman–Crippen LogP) is 11.2. The molecule has 0 aromatic heterocycles. The van der Waals surface area contributed by atoms with E-state index in [1.54, 1.807) is 0 Å². The van der Waals surface area contributed by atoms with Gasteiger partial charge in [0.2, 0.25) is 0 Å². The van der Waals surface area contributed by atoms with E-state index in [-0.39, 0.29) is 19.4 Å². The van der Waals surface area contributed by atoms with E-state index in [2.05, 4.69) is 79.1 Å². The number of phosphoric acid groups is 1. The Bertz CT molecular complexity index is 1180. The molecule has 56 heavy (non-hydrogen) atoms. The van der Waals surface area contributed by atoms with Gasteiger partial charge in [0.15, 0.2) is 6.10 Å². The maximum absolute atomic E-state index is 12.6. The largest absolute Gasteiger partial charge is 0.480 e. The van der Waals surface area contributed by atoms with Crippen molar-refractivity contribution in [2.45, 2.75) is 180 Å². The quantitative estimate of drug-likeness (QED) is 0.0233. The number of phosphoric ester groups is 1. The Morgan fingerprint density at radius 3 is 1.46 bits per heavy atom. The van der Waals surface area contributed by atoms with Gasteiger partial charge in [0, 0.05) is 12.8 Å². The molecule has 0 aromatic rings. The third-order valence-corrected chi connectivity index (χ3v) is 9.69. The van der Waals surface area contributed by atoms with Crippen LogP contribution in [0.15, 0.2) is 60.8 Å². The zero-order valence-electron chi connectivity index (χ0n) is 34.7. The third kappa shape index (κ3) is 38.1. The van der Waals surface area contributed by atoms with Crippen LogP contribution in [0.4, 0.5) is 0 Å². The van der Waals surface area contributed by atoms with Crippen LogP contribution in [0.1, 0.15) is 168 Å². The predicted molar refractivity (Wildman–Crippen MR) is 226 cm³/mol. The minimum Gasteiger partial charge on any atom is -0.480 e. The van der Waals surface area contributed by atoms with Gasteiger partial charge in [-0.25, -0.2) is 4.57 Å². The van der Waals surface area contributed by atoms with Gasteiger partial charge in [-0.2, -0.15) is 0 Å². The summed E-state index contributed by atoms with van der Waals surface area (Å²) >= 11 is 0. The first-order valence-corrected chi connectivity index (χ1v) is 22.8. The van der Waals surface area contributed by atoms with Gasteiger partial charge in [0.25, 0.3) is 0 Å². The Balaban J connectivity index is 4.46. The summed E-state index contributed by atoms with van der Waals surface area (Å²) in [6.07, 6.45) is 44.3. The number of ether oxygens (including phenoxy) is 2. The molecule has 0 saturated carbocycles. The Kier molecular flexibility index (Phi) is 37.1. The second-order valence-electron chi connectivity index (χ2n) is 14.1. The number of carbonyl (C=O) groups excluding carboxylic acids is 2. The maximum atomic E-state index is 12.6. The summed E-state index contributed by atoms with van der Waals surface area (Å²) in [5.41, 5.74) is 5.32. The van der Waals surface area contributed by atoms with E-state index in [1.807, 2.05) is 0 Å². The van der Waals surface area contributed by atoms with Crippen LogP contribution in [0.5, 0.6) is 0 Å². The summed E-state index contributed by atoms with van der Waals surface area (Å²) in [6.45, 7) is 2.70. The Morgan fingerprint density at radius 2 is 0.946 bits per heavy atom. The van der Waals surface area contributed by atoms with Crippen molar-refractivity contribution in [3.8, 4) is 0 Å². The van der Waals surface area contributed by atoms with Crippen LogP contribution in [-0.4, -0.2) is 59.9 Å². The van der Waals surface area contributed by atoms with Crippen molar-refractivity contribution in [2.75, 3.05) is 19.8 Å². The molecule has 0 aromatic carbocycles. The fourth-order valence-electron chi connectivity index (χ4n) is 5.34. The van der Waals surface area contributed by atoms with Gasteiger partial charge in [0.05, 0.1) is 13.2 Å². The first-order chi connectivity index (χ1) is 27.1. The molecule has 0 spiro atoms. The number of hydrogen-bond donors (Lipinski definition) is 3. The fraction of sp³-hybridized carbons (Fsp3) is 0.705. The highest BCUT2D eigenvalue weighted by Crippen LogP contribution is 2.43. The van der Waals surface area contributed by atoms with E-state index in [1.165, 1.54) is 64.2 Å². The lowest BCUT2D eigenvalue weighted by Crippen LogP contribution is -2.34. The zero-order valence-corrected chi connectivity index (χ0v) is 35.6. The van der Waals surface area contributed by atoms with E-state index in [0.717, 1.165) is 64.2 Å². The van der Waals surface area contributed by atoms with Crippen molar-refractivity contribution in [3.05, 3.63) is 60.8 Å². The molecule has 322 valence electrons. The highest BCUT2D eigenvalue weighted by atomic mass is 31.2. The van der Waals surface area contributed by atoms with Crippen LogP contribution in [0.3, 0.4) is 0 Å². The molecule has 0 aliphatic carbocycles. The topological polar surface area (TPSA) is 172 Å². The molecule has 0 radical (unpaired) electrons. The van der Waals surface area contributed by atoms with Gasteiger partial charge in [-0.05, 0) is 83.5 Å². The molecule has 0 aliphatic heterocycles. The first kappa shape index (κ1) is 53.2. The van der Waals surface area contributed by atoms with Crippen LogP contribution in [0.25, 0.3) is 0 Å². The smallest absolute Gasteiger partial charge is 0.472 e. The zero-order chi connectivity index (χ0) is 41.4. The molecule has 1 unspecified atom stereocenters. The second-order valence-corrected chi connectivity index (χ2v) is 15.6. The number of carbonyl (C=O) groups is 3. The molecular weight excluding hydrogens is 733 g/mol. The Hall–Kier alpha value is -2.82. The van der Waals surface area contributed by atoms with Gasteiger partial charge >= 0.3 is 25.7 Å². The second kappa shape index (κ2) is 39.0. The molecule has 4 N–H and O–H groups in total. The fourth-order valence-corrected chi connectivity index (χ4v) is 6.11. The molecule has 0 amide bonds. The van der Waals surface area contributed by atoms with E-state index in [9.17, 15) is 23.8 Å². The lowest BCUT2D eigenvalue weighted by Gasteiger charge is -2.20. The molecule has 12 heteroatoms. The van der Waals surface area contributed by atoms with Crippen molar-refractivity contribution in [2.24, 2.45) is 5.73 Å². The van der Waals surface area contributed by atoms with Gasteiger partial charge in [-0.3, -0.25) is 23.4 Å². The summed E-state index contributed by atoms with van der Waals surface area (Å²) in [5, 5.41) is 8.88. The van der Waals surface area contributed by atoms with E-state index in [0.29, 0.717) is 12.8 Å².